The van der Waals surface area contributed by atoms with Crippen LogP contribution in [0.25, 0.3) is 17.0 Å². The summed E-state index contributed by atoms with van der Waals surface area (Å²) in [5.41, 5.74) is 3.07. The number of hydrogen-bond donors (Lipinski definition) is 0. The van der Waals surface area contributed by atoms with Crippen LogP contribution in [0.4, 0.5) is 5.69 Å². The van der Waals surface area contributed by atoms with Gasteiger partial charge in [-0.1, -0.05) is 12.1 Å². The smallest absolute Gasteiger partial charge is 0.234 e. The summed E-state index contributed by atoms with van der Waals surface area (Å²) >= 11 is 0. The van der Waals surface area contributed by atoms with Gasteiger partial charge in [-0.25, -0.2) is 9.97 Å². The molecule has 0 amide bonds. The maximum atomic E-state index is 5.48. The van der Waals surface area contributed by atoms with Crippen molar-refractivity contribution in [1.82, 2.24) is 19.3 Å². The number of para-hydroxylation sites is 1. The topological polar surface area (TPSA) is 45.9 Å². The van der Waals surface area contributed by atoms with E-state index in [2.05, 4.69) is 33.0 Å². The molecule has 6 nitrogen and oxygen atoms in total. The Morgan fingerprint density at radius 1 is 1.08 bits per heavy atom. The quantitative estimate of drug-likeness (QED) is 0.727. The van der Waals surface area contributed by atoms with Gasteiger partial charge in [-0.2, -0.15) is 0 Å². The fraction of sp³-hybridized carbons (Fsp3) is 0.400. The molecule has 5 rings (SSSR count). The number of piperazine rings is 1. The van der Waals surface area contributed by atoms with Crippen LogP contribution in [0.1, 0.15) is 12.8 Å². The SMILES string of the molecule is COc1ccccc1-c1cn2cc(N3C4CCC3CN(C)C4)cnc2n1. The molecule has 2 fully saturated rings. The summed E-state index contributed by atoms with van der Waals surface area (Å²) in [6.45, 7) is 2.26. The second kappa shape index (κ2) is 5.99. The van der Waals surface area contributed by atoms with Crippen LogP contribution < -0.4 is 9.64 Å². The molecular weight excluding hydrogens is 326 g/mol. The number of likely N-dealkylation sites (tertiary alicyclic amines) is 1. The van der Waals surface area contributed by atoms with Gasteiger partial charge in [0.2, 0.25) is 5.78 Å². The molecule has 0 saturated carbocycles. The molecule has 2 aliphatic rings. The number of nitrogens with zero attached hydrogens (tertiary/aromatic N) is 5. The number of methoxy groups -OCH3 is 1. The number of aromatic nitrogens is 3. The zero-order chi connectivity index (χ0) is 17.7. The number of imidazole rings is 1. The zero-order valence-electron chi connectivity index (χ0n) is 15.2. The fourth-order valence-corrected chi connectivity index (χ4v) is 4.53. The average Bonchev–Trinajstić information content (AvgIpc) is 3.20. The van der Waals surface area contributed by atoms with E-state index in [9.17, 15) is 0 Å². The van der Waals surface area contributed by atoms with Crippen molar-refractivity contribution in [3.8, 4) is 17.0 Å². The Hall–Kier alpha value is -2.60. The van der Waals surface area contributed by atoms with Crippen LogP contribution >= 0.6 is 0 Å². The molecule has 0 aliphatic carbocycles. The molecule has 0 spiro atoms. The van der Waals surface area contributed by atoms with Gasteiger partial charge >= 0.3 is 0 Å². The van der Waals surface area contributed by atoms with Gasteiger partial charge in [-0.05, 0) is 32.0 Å². The third-order valence-corrected chi connectivity index (χ3v) is 5.64. The summed E-state index contributed by atoms with van der Waals surface area (Å²) in [6.07, 6.45) is 8.73. The van der Waals surface area contributed by atoms with Crippen molar-refractivity contribution in [3.63, 3.8) is 0 Å². The summed E-state index contributed by atoms with van der Waals surface area (Å²) < 4.78 is 7.52. The van der Waals surface area contributed by atoms with Crippen molar-refractivity contribution >= 4 is 11.5 Å². The van der Waals surface area contributed by atoms with Crippen LogP contribution in [-0.4, -0.2) is 58.6 Å². The summed E-state index contributed by atoms with van der Waals surface area (Å²) in [7, 11) is 3.91. The van der Waals surface area contributed by atoms with E-state index in [4.69, 9.17) is 4.74 Å². The number of likely N-dealkylation sites (N-methyl/N-ethyl adjacent to an activating group) is 1. The number of anilines is 1. The van der Waals surface area contributed by atoms with Crippen LogP contribution in [-0.2, 0) is 0 Å². The molecule has 2 aliphatic heterocycles. The van der Waals surface area contributed by atoms with Gasteiger partial charge in [0.25, 0.3) is 0 Å². The minimum absolute atomic E-state index is 0.593. The van der Waals surface area contributed by atoms with Gasteiger partial charge in [0.1, 0.15) is 5.75 Å². The predicted molar refractivity (Wildman–Crippen MR) is 102 cm³/mol. The van der Waals surface area contributed by atoms with E-state index in [1.165, 1.54) is 18.5 Å². The molecule has 4 heterocycles. The summed E-state index contributed by atoms with van der Waals surface area (Å²) in [5, 5.41) is 0. The second-order valence-corrected chi connectivity index (χ2v) is 7.36. The maximum Gasteiger partial charge on any atom is 0.234 e. The molecule has 2 unspecified atom stereocenters. The molecule has 134 valence electrons. The molecular formula is C20H23N5O. The predicted octanol–water partition coefficient (Wildman–Crippen LogP) is 2.69. The highest BCUT2D eigenvalue weighted by molar-refractivity contribution is 5.68. The molecule has 2 saturated heterocycles. The van der Waals surface area contributed by atoms with Crippen molar-refractivity contribution in [2.75, 3.05) is 32.1 Å². The van der Waals surface area contributed by atoms with E-state index in [-0.39, 0.29) is 0 Å². The summed E-state index contributed by atoms with van der Waals surface area (Å²) in [4.78, 5) is 14.3. The Bertz CT molecular complexity index is 938. The lowest BCUT2D eigenvalue weighted by atomic mass is 10.1. The third kappa shape index (κ3) is 2.44. The van der Waals surface area contributed by atoms with Crippen molar-refractivity contribution in [1.29, 1.82) is 0 Å². The van der Waals surface area contributed by atoms with Crippen molar-refractivity contribution in [2.45, 2.75) is 24.9 Å². The largest absolute Gasteiger partial charge is 0.496 e. The Morgan fingerprint density at radius 2 is 1.85 bits per heavy atom. The molecule has 2 bridgehead atoms. The molecule has 0 N–H and O–H groups in total. The lowest BCUT2D eigenvalue weighted by molar-refractivity contribution is 0.264. The van der Waals surface area contributed by atoms with E-state index in [0.717, 1.165) is 35.9 Å². The third-order valence-electron chi connectivity index (χ3n) is 5.64. The van der Waals surface area contributed by atoms with E-state index in [1.807, 2.05) is 41.1 Å². The van der Waals surface area contributed by atoms with Crippen molar-refractivity contribution in [2.24, 2.45) is 0 Å². The Balaban J connectivity index is 1.53. The highest BCUT2D eigenvalue weighted by Gasteiger charge is 2.39. The molecule has 2 aromatic heterocycles. The zero-order valence-corrected chi connectivity index (χ0v) is 15.2. The summed E-state index contributed by atoms with van der Waals surface area (Å²) in [6, 6.07) is 9.15. The van der Waals surface area contributed by atoms with Gasteiger partial charge in [0, 0.05) is 43.1 Å². The van der Waals surface area contributed by atoms with Crippen LogP contribution in [0.3, 0.4) is 0 Å². The Morgan fingerprint density at radius 3 is 2.62 bits per heavy atom. The first-order chi connectivity index (χ1) is 12.7. The van der Waals surface area contributed by atoms with E-state index in [1.54, 1.807) is 7.11 Å². The Kier molecular flexibility index (Phi) is 3.60. The van der Waals surface area contributed by atoms with E-state index >= 15 is 0 Å². The van der Waals surface area contributed by atoms with Crippen LogP contribution in [0.2, 0.25) is 0 Å². The van der Waals surface area contributed by atoms with Crippen LogP contribution in [0.5, 0.6) is 5.75 Å². The number of rotatable bonds is 3. The fourth-order valence-electron chi connectivity index (χ4n) is 4.53. The molecule has 1 aromatic carbocycles. The standard InChI is InChI=1S/C20H23N5O/c1-23-10-14-7-8-15(11-23)25(14)16-9-21-20-22-18(13-24(20)12-16)17-5-3-4-6-19(17)26-2/h3-6,9,12-15H,7-8,10-11H2,1-2H3. The minimum atomic E-state index is 0.593. The molecule has 2 atom stereocenters. The monoisotopic (exact) mass is 349 g/mol. The first-order valence-corrected chi connectivity index (χ1v) is 9.18. The highest BCUT2D eigenvalue weighted by atomic mass is 16.5. The normalized spacial score (nSPS) is 22.9. The number of ether oxygens (including phenoxy) is 1. The average molecular weight is 349 g/mol. The van der Waals surface area contributed by atoms with Gasteiger partial charge in [0.05, 0.1) is 24.7 Å². The van der Waals surface area contributed by atoms with E-state index in [0.29, 0.717) is 12.1 Å². The van der Waals surface area contributed by atoms with Crippen molar-refractivity contribution in [3.05, 3.63) is 42.9 Å². The minimum Gasteiger partial charge on any atom is -0.496 e. The van der Waals surface area contributed by atoms with E-state index < -0.39 is 0 Å². The molecule has 6 heteroatoms. The Labute approximate surface area is 153 Å². The van der Waals surface area contributed by atoms with Gasteiger partial charge in [-0.15, -0.1) is 0 Å². The van der Waals surface area contributed by atoms with Crippen molar-refractivity contribution < 1.29 is 4.74 Å². The van der Waals surface area contributed by atoms with Crippen LogP contribution in [0, 0.1) is 0 Å². The number of fused-ring (bicyclic) bond motifs is 3. The molecule has 26 heavy (non-hydrogen) atoms. The molecule has 3 aromatic rings. The van der Waals surface area contributed by atoms with Gasteiger partial charge in [-0.3, -0.25) is 4.40 Å². The lowest BCUT2D eigenvalue weighted by Gasteiger charge is -2.40. The number of hydrogen-bond acceptors (Lipinski definition) is 5. The number of benzene rings is 1. The maximum absolute atomic E-state index is 5.48. The lowest BCUT2D eigenvalue weighted by Crippen LogP contribution is -2.52. The van der Waals surface area contributed by atoms with Crippen LogP contribution in [0.15, 0.2) is 42.9 Å². The second-order valence-electron chi connectivity index (χ2n) is 7.36. The van der Waals surface area contributed by atoms with Gasteiger partial charge in [0.15, 0.2) is 0 Å². The molecule has 0 radical (unpaired) electrons. The highest BCUT2D eigenvalue weighted by Crippen LogP contribution is 2.35. The first kappa shape index (κ1) is 15.6. The summed E-state index contributed by atoms with van der Waals surface area (Å²) in [5.74, 6) is 1.55. The first-order valence-electron chi connectivity index (χ1n) is 9.18. The van der Waals surface area contributed by atoms with Gasteiger partial charge < -0.3 is 14.5 Å².